The number of para-hydroxylation sites is 1. The first-order valence-electron chi connectivity index (χ1n) is 8.61. The third-order valence-electron chi connectivity index (χ3n) is 4.57. The van der Waals surface area contributed by atoms with Crippen molar-refractivity contribution in [1.29, 1.82) is 0 Å². The summed E-state index contributed by atoms with van der Waals surface area (Å²) in [7, 11) is -3.75. The molecule has 1 fully saturated rings. The predicted octanol–water partition coefficient (Wildman–Crippen LogP) is 3.59. The van der Waals surface area contributed by atoms with E-state index in [2.05, 4.69) is 5.32 Å². The van der Waals surface area contributed by atoms with Gasteiger partial charge >= 0.3 is 0 Å². The Balaban J connectivity index is 1.73. The van der Waals surface area contributed by atoms with Crippen LogP contribution in [0.2, 0.25) is 0 Å². The number of nitrogens with zero attached hydrogens (tertiary/aromatic N) is 1. The fraction of sp³-hybridized carbons (Fsp3) is 0.316. The molecule has 0 bridgehead atoms. The number of thioether (sulfide) groups is 1. The number of carbonyl (C=O) groups is 1. The molecule has 2 aromatic rings. The van der Waals surface area contributed by atoms with Crippen molar-refractivity contribution >= 4 is 33.4 Å². The molecule has 0 aromatic heterocycles. The summed E-state index contributed by atoms with van der Waals surface area (Å²) < 4.78 is 40.0. The molecule has 2 aromatic carbocycles. The van der Waals surface area contributed by atoms with Gasteiger partial charge in [-0.15, -0.1) is 11.8 Å². The Morgan fingerprint density at radius 2 is 1.89 bits per heavy atom. The third kappa shape index (κ3) is 4.51. The second-order valence-electron chi connectivity index (χ2n) is 6.35. The molecule has 0 saturated carbocycles. The van der Waals surface area contributed by atoms with E-state index in [9.17, 15) is 17.6 Å². The second-order valence-corrected chi connectivity index (χ2v) is 9.13. The van der Waals surface area contributed by atoms with Crippen molar-refractivity contribution in [1.82, 2.24) is 4.31 Å². The average molecular weight is 409 g/mol. The lowest BCUT2D eigenvalue weighted by molar-refractivity contribution is -0.120. The number of rotatable bonds is 5. The van der Waals surface area contributed by atoms with E-state index in [1.165, 1.54) is 28.2 Å². The van der Waals surface area contributed by atoms with E-state index in [0.717, 1.165) is 22.7 Å². The average Bonchev–Trinajstić information content (AvgIpc) is 2.69. The van der Waals surface area contributed by atoms with Gasteiger partial charge in [-0.1, -0.05) is 12.1 Å². The van der Waals surface area contributed by atoms with Gasteiger partial charge in [0.15, 0.2) is 0 Å². The molecule has 1 atom stereocenters. The smallest absolute Gasteiger partial charge is 0.243 e. The minimum atomic E-state index is -3.75. The molecule has 144 valence electrons. The van der Waals surface area contributed by atoms with Gasteiger partial charge in [0.25, 0.3) is 0 Å². The zero-order chi connectivity index (χ0) is 19.4. The Morgan fingerprint density at radius 1 is 1.19 bits per heavy atom. The van der Waals surface area contributed by atoms with Gasteiger partial charge in [0.05, 0.1) is 16.5 Å². The van der Waals surface area contributed by atoms with Crippen LogP contribution in [0.1, 0.15) is 12.8 Å². The second kappa shape index (κ2) is 8.41. The number of carbonyl (C=O) groups excluding carboxylic acids is 1. The number of hydrogen-bond acceptors (Lipinski definition) is 4. The summed E-state index contributed by atoms with van der Waals surface area (Å²) in [6.07, 6.45) is 3.16. The molecule has 0 aliphatic carbocycles. The number of amides is 1. The number of anilines is 1. The molecule has 1 amide bonds. The fourth-order valence-corrected chi connectivity index (χ4v) is 5.19. The molecule has 0 unspecified atom stereocenters. The molecule has 5 nitrogen and oxygen atoms in total. The molecule has 8 heteroatoms. The molecule has 1 aliphatic rings. The summed E-state index contributed by atoms with van der Waals surface area (Å²) in [5.41, 5.74) is 0.730. The van der Waals surface area contributed by atoms with Crippen molar-refractivity contribution < 1.29 is 17.6 Å². The van der Waals surface area contributed by atoms with Gasteiger partial charge in [-0.2, -0.15) is 4.31 Å². The molecule has 1 saturated heterocycles. The zero-order valence-corrected chi connectivity index (χ0v) is 16.5. The maximum Gasteiger partial charge on any atom is 0.243 e. The number of sulfonamides is 1. The normalized spacial score (nSPS) is 18.2. The maximum atomic E-state index is 13.1. The molecule has 0 radical (unpaired) electrons. The van der Waals surface area contributed by atoms with Crippen molar-refractivity contribution in [3.8, 4) is 0 Å². The predicted molar refractivity (Wildman–Crippen MR) is 105 cm³/mol. The quantitative estimate of drug-likeness (QED) is 0.768. The molecule has 27 heavy (non-hydrogen) atoms. The van der Waals surface area contributed by atoms with Crippen molar-refractivity contribution in [2.75, 3.05) is 24.7 Å². The van der Waals surface area contributed by atoms with Crippen LogP contribution in [0.5, 0.6) is 0 Å². The lowest BCUT2D eigenvalue weighted by Gasteiger charge is -2.31. The van der Waals surface area contributed by atoms with Gasteiger partial charge in [0.1, 0.15) is 5.82 Å². The van der Waals surface area contributed by atoms with Crippen LogP contribution in [0, 0.1) is 11.7 Å². The van der Waals surface area contributed by atoms with Crippen LogP contribution < -0.4 is 5.32 Å². The summed E-state index contributed by atoms with van der Waals surface area (Å²) >= 11 is 1.54. The number of halogens is 1. The maximum absolute atomic E-state index is 13.1. The van der Waals surface area contributed by atoms with E-state index < -0.39 is 21.8 Å². The number of benzene rings is 2. The largest absolute Gasteiger partial charge is 0.325 e. The fourth-order valence-electron chi connectivity index (χ4n) is 3.11. The Bertz CT molecular complexity index is 917. The van der Waals surface area contributed by atoms with Gasteiger partial charge in [-0.05, 0) is 55.5 Å². The lowest BCUT2D eigenvalue weighted by atomic mass is 9.99. The molecule has 3 rings (SSSR count). The summed E-state index contributed by atoms with van der Waals surface area (Å²) in [5, 5.41) is 2.92. The van der Waals surface area contributed by atoms with E-state index in [0.29, 0.717) is 19.4 Å². The minimum absolute atomic E-state index is 0.0395. The first-order chi connectivity index (χ1) is 12.9. The van der Waals surface area contributed by atoms with Gasteiger partial charge in [-0.25, -0.2) is 12.8 Å². The highest BCUT2D eigenvalue weighted by Crippen LogP contribution is 2.28. The van der Waals surface area contributed by atoms with E-state index in [-0.39, 0.29) is 17.3 Å². The molecule has 1 aliphatic heterocycles. The first-order valence-corrected chi connectivity index (χ1v) is 11.3. The zero-order valence-electron chi connectivity index (χ0n) is 14.9. The van der Waals surface area contributed by atoms with Crippen LogP contribution in [0.15, 0.2) is 58.3 Å². The van der Waals surface area contributed by atoms with E-state index in [4.69, 9.17) is 0 Å². The standard InChI is InChI=1S/C19H21FN2O3S2/c1-26-18-7-3-2-6-17(18)21-19(23)14-5-4-12-22(13-14)27(24,25)16-10-8-15(20)9-11-16/h2-3,6-11,14H,4-5,12-13H2,1H3,(H,21,23)/t14-/m1/s1. The number of nitrogens with one attached hydrogen (secondary N) is 1. The molecule has 1 N–H and O–H groups in total. The Kier molecular flexibility index (Phi) is 6.18. The molecule has 1 heterocycles. The lowest BCUT2D eigenvalue weighted by Crippen LogP contribution is -2.43. The summed E-state index contributed by atoms with van der Waals surface area (Å²) in [6.45, 7) is 0.470. The van der Waals surface area contributed by atoms with Gasteiger partial charge in [-0.3, -0.25) is 4.79 Å². The van der Waals surface area contributed by atoms with E-state index in [1.807, 2.05) is 30.5 Å². The monoisotopic (exact) mass is 408 g/mol. The van der Waals surface area contributed by atoms with E-state index >= 15 is 0 Å². The summed E-state index contributed by atoms with van der Waals surface area (Å²) in [4.78, 5) is 13.7. The topological polar surface area (TPSA) is 66.5 Å². The highest BCUT2D eigenvalue weighted by atomic mass is 32.2. The summed E-state index contributed by atoms with van der Waals surface area (Å²) in [5.74, 6) is -1.10. The SMILES string of the molecule is CSc1ccccc1NC(=O)[C@@H]1CCCN(S(=O)(=O)c2ccc(F)cc2)C1. The molecule has 0 spiro atoms. The van der Waals surface area contributed by atoms with Crippen LogP contribution >= 0.6 is 11.8 Å². The number of piperidine rings is 1. The van der Waals surface area contributed by atoms with Crippen LogP contribution in [-0.2, 0) is 14.8 Å². The highest BCUT2D eigenvalue weighted by molar-refractivity contribution is 7.98. The van der Waals surface area contributed by atoms with Crippen LogP contribution in [0.4, 0.5) is 10.1 Å². The Labute approximate surface area is 163 Å². The van der Waals surface area contributed by atoms with Crippen LogP contribution in [0.3, 0.4) is 0 Å². The molecular formula is C19H21FN2O3S2. The van der Waals surface area contributed by atoms with Crippen LogP contribution in [-0.4, -0.2) is 38.0 Å². The van der Waals surface area contributed by atoms with Crippen molar-refractivity contribution in [3.63, 3.8) is 0 Å². The van der Waals surface area contributed by atoms with Crippen molar-refractivity contribution in [2.45, 2.75) is 22.6 Å². The van der Waals surface area contributed by atoms with Gasteiger partial charge < -0.3 is 5.32 Å². The first kappa shape index (κ1) is 19.9. The Hall–Kier alpha value is -1.90. The summed E-state index contributed by atoms with van der Waals surface area (Å²) in [6, 6.07) is 12.3. The van der Waals surface area contributed by atoms with E-state index in [1.54, 1.807) is 0 Å². The van der Waals surface area contributed by atoms with Gasteiger partial charge in [0, 0.05) is 18.0 Å². The minimum Gasteiger partial charge on any atom is -0.325 e. The van der Waals surface area contributed by atoms with Gasteiger partial charge in [0.2, 0.25) is 15.9 Å². The van der Waals surface area contributed by atoms with Crippen LogP contribution in [0.25, 0.3) is 0 Å². The van der Waals surface area contributed by atoms with Crippen molar-refractivity contribution in [3.05, 3.63) is 54.3 Å². The van der Waals surface area contributed by atoms with Crippen molar-refractivity contribution in [2.24, 2.45) is 5.92 Å². The molecular weight excluding hydrogens is 387 g/mol. The number of hydrogen-bond donors (Lipinski definition) is 1. The highest BCUT2D eigenvalue weighted by Gasteiger charge is 2.33. The third-order valence-corrected chi connectivity index (χ3v) is 7.25. The Morgan fingerprint density at radius 3 is 2.59 bits per heavy atom.